The van der Waals surface area contributed by atoms with Gasteiger partial charge in [-0.2, -0.15) is 0 Å². The number of carboxylic acids is 1. The van der Waals surface area contributed by atoms with E-state index in [4.69, 9.17) is 5.11 Å². The molecule has 0 fully saturated rings. The van der Waals surface area contributed by atoms with Gasteiger partial charge in [0, 0.05) is 17.0 Å². The van der Waals surface area contributed by atoms with Crippen molar-refractivity contribution in [2.24, 2.45) is 0 Å². The molecule has 1 aromatic rings. The lowest BCUT2D eigenvalue weighted by molar-refractivity contribution is -0.137. The van der Waals surface area contributed by atoms with Crippen LogP contribution in [0.4, 0.5) is 8.78 Å². The SMILES string of the molecule is Cc1cc(F)c(F)c2c1C(O)=C(C(=O)NCC(=O)O)C(=O)C2C. The highest BCUT2D eigenvalue weighted by atomic mass is 19.2. The third-order valence-corrected chi connectivity index (χ3v) is 3.63. The molecule has 0 radical (unpaired) electrons. The fourth-order valence-electron chi connectivity index (χ4n) is 2.55. The summed E-state index contributed by atoms with van der Waals surface area (Å²) >= 11 is 0. The number of nitrogens with one attached hydrogen (secondary N) is 1. The normalized spacial score (nSPS) is 17.0. The monoisotopic (exact) mass is 325 g/mol. The number of hydrogen-bond acceptors (Lipinski definition) is 4. The van der Waals surface area contributed by atoms with Crippen molar-refractivity contribution in [3.05, 3.63) is 40.0 Å². The first kappa shape index (κ1) is 16.6. The van der Waals surface area contributed by atoms with Crippen molar-refractivity contribution in [1.82, 2.24) is 5.32 Å². The zero-order valence-corrected chi connectivity index (χ0v) is 12.2. The van der Waals surface area contributed by atoms with Crippen molar-refractivity contribution in [2.45, 2.75) is 19.8 Å². The number of fused-ring (bicyclic) bond motifs is 1. The molecule has 0 aliphatic heterocycles. The Bertz CT molecular complexity index is 770. The predicted molar refractivity (Wildman–Crippen MR) is 74.7 cm³/mol. The maximum Gasteiger partial charge on any atom is 0.322 e. The van der Waals surface area contributed by atoms with E-state index in [-0.39, 0.29) is 16.7 Å². The summed E-state index contributed by atoms with van der Waals surface area (Å²) in [5, 5.41) is 20.7. The maximum absolute atomic E-state index is 14.0. The van der Waals surface area contributed by atoms with E-state index in [9.17, 15) is 28.3 Å². The minimum atomic E-state index is -1.33. The number of benzene rings is 1. The van der Waals surface area contributed by atoms with Crippen LogP contribution in [0.3, 0.4) is 0 Å². The van der Waals surface area contributed by atoms with Crippen molar-refractivity contribution in [2.75, 3.05) is 6.54 Å². The van der Waals surface area contributed by atoms with Gasteiger partial charge < -0.3 is 15.5 Å². The number of amides is 1. The van der Waals surface area contributed by atoms with E-state index in [0.29, 0.717) is 0 Å². The molecule has 1 aromatic carbocycles. The van der Waals surface area contributed by atoms with Gasteiger partial charge >= 0.3 is 5.97 Å². The molecule has 0 spiro atoms. The molecule has 3 N–H and O–H groups in total. The number of carbonyl (C=O) groups excluding carboxylic acids is 2. The van der Waals surface area contributed by atoms with E-state index in [1.165, 1.54) is 13.8 Å². The average Bonchev–Trinajstić information content (AvgIpc) is 2.46. The molecular formula is C15H13F2NO5. The molecule has 0 saturated heterocycles. The van der Waals surface area contributed by atoms with E-state index < -0.39 is 53.1 Å². The summed E-state index contributed by atoms with van der Waals surface area (Å²) in [6.45, 7) is 1.92. The van der Waals surface area contributed by atoms with E-state index in [1.54, 1.807) is 0 Å². The number of aliphatic hydroxyl groups excluding tert-OH is 1. The summed E-state index contributed by atoms with van der Waals surface area (Å²) in [7, 11) is 0. The standard InChI is InChI=1S/C15H13F2NO5/c1-5-3-7(16)12(17)10-6(2)13(21)11(14(22)9(5)10)15(23)18-4-8(19)20/h3,6,22H,4H2,1-2H3,(H,18,23)(H,19,20). The first-order valence-corrected chi connectivity index (χ1v) is 6.63. The first-order valence-electron chi connectivity index (χ1n) is 6.63. The summed E-state index contributed by atoms with van der Waals surface area (Å²) in [5.41, 5.74) is -0.962. The fraction of sp³-hybridized carbons (Fsp3) is 0.267. The van der Waals surface area contributed by atoms with Crippen LogP contribution in [-0.4, -0.2) is 34.4 Å². The van der Waals surface area contributed by atoms with E-state index in [0.717, 1.165) is 6.07 Å². The number of hydrogen-bond donors (Lipinski definition) is 3. The van der Waals surface area contributed by atoms with E-state index in [1.807, 2.05) is 5.32 Å². The number of rotatable bonds is 3. The first-order chi connectivity index (χ1) is 10.7. The lowest BCUT2D eigenvalue weighted by Crippen LogP contribution is -2.36. The molecule has 2 rings (SSSR count). The number of carbonyl (C=O) groups is 3. The quantitative estimate of drug-likeness (QED) is 0.729. The van der Waals surface area contributed by atoms with Crippen molar-refractivity contribution in [1.29, 1.82) is 0 Å². The summed E-state index contributed by atoms with van der Waals surface area (Å²) in [5.74, 6) is -7.74. The second kappa shape index (κ2) is 5.79. The predicted octanol–water partition coefficient (Wildman–Crippen LogP) is 1.43. The Kier molecular flexibility index (Phi) is 4.18. The molecule has 8 heteroatoms. The molecule has 0 heterocycles. The van der Waals surface area contributed by atoms with E-state index in [2.05, 4.69) is 0 Å². The lowest BCUT2D eigenvalue weighted by atomic mass is 9.79. The van der Waals surface area contributed by atoms with Crippen LogP contribution in [0.5, 0.6) is 0 Å². The maximum atomic E-state index is 14.0. The van der Waals surface area contributed by atoms with Gasteiger partial charge in [0.05, 0.1) is 0 Å². The molecule has 0 aromatic heterocycles. The summed E-state index contributed by atoms with van der Waals surface area (Å²) in [4.78, 5) is 34.7. The molecule has 0 bridgehead atoms. The largest absolute Gasteiger partial charge is 0.506 e. The zero-order chi connectivity index (χ0) is 17.5. The van der Waals surface area contributed by atoms with Crippen molar-refractivity contribution in [3.8, 4) is 0 Å². The number of ketones is 1. The van der Waals surface area contributed by atoms with Crippen molar-refractivity contribution in [3.63, 3.8) is 0 Å². The minimum Gasteiger partial charge on any atom is -0.506 e. The Labute approximate surface area is 129 Å². The van der Waals surface area contributed by atoms with Gasteiger partial charge in [-0.05, 0) is 18.6 Å². The summed E-state index contributed by atoms with van der Waals surface area (Å²) in [6.07, 6.45) is 0. The van der Waals surface area contributed by atoms with Gasteiger partial charge in [-0.3, -0.25) is 14.4 Å². The Morgan fingerprint density at radius 1 is 1.35 bits per heavy atom. The smallest absolute Gasteiger partial charge is 0.322 e. The van der Waals surface area contributed by atoms with Gasteiger partial charge in [0.1, 0.15) is 17.9 Å². The number of aliphatic carboxylic acids is 1. The molecule has 1 atom stereocenters. The number of halogens is 2. The van der Waals surface area contributed by atoms with E-state index >= 15 is 0 Å². The highest BCUT2D eigenvalue weighted by Gasteiger charge is 2.39. The van der Waals surface area contributed by atoms with Gasteiger partial charge in [0.15, 0.2) is 17.4 Å². The Hall–Kier alpha value is -2.77. The topological polar surface area (TPSA) is 104 Å². The van der Waals surface area contributed by atoms with Gasteiger partial charge in [0.2, 0.25) is 0 Å². The Morgan fingerprint density at radius 3 is 2.52 bits per heavy atom. The minimum absolute atomic E-state index is 0.128. The molecule has 1 unspecified atom stereocenters. The van der Waals surface area contributed by atoms with Crippen LogP contribution in [0.25, 0.3) is 5.76 Å². The lowest BCUT2D eigenvalue weighted by Gasteiger charge is -2.25. The Balaban J connectivity index is 2.63. The Morgan fingerprint density at radius 2 is 1.96 bits per heavy atom. The van der Waals surface area contributed by atoms with Crippen molar-refractivity contribution >= 4 is 23.4 Å². The number of Topliss-reactive ketones (excluding diaryl/α,β-unsaturated/α-hetero) is 1. The van der Waals surface area contributed by atoms with Gasteiger partial charge in [-0.1, -0.05) is 6.92 Å². The fourth-order valence-corrected chi connectivity index (χ4v) is 2.55. The molecule has 23 heavy (non-hydrogen) atoms. The van der Waals surface area contributed by atoms with Crippen LogP contribution in [-0.2, 0) is 14.4 Å². The highest BCUT2D eigenvalue weighted by molar-refractivity contribution is 6.27. The zero-order valence-electron chi connectivity index (χ0n) is 12.2. The van der Waals surface area contributed by atoms with Crippen molar-refractivity contribution < 1.29 is 33.4 Å². The molecule has 1 aliphatic carbocycles. The third kappa shape index (κ3) is 2.67. The number of aliphatic hydroxyl groups is 1. The summed E-state index contributed by atoms with van der Waals surface area (Å²) < 4.78 is 27.5. The van der Waals surface area contributed by atoms with Crippen LogP contribution >= 0.6 is 0 Å². The van der Waals surface area contributed by atoms with Gasteiger partial charge in [-0.25, -0.2) is 8.78 Å². The molecule has 6 nitrogen and oxygen atoms in total. The van der Waals surface area contributed by atoms with Crippen LogP contribution in [0.2, 0.25) is 0 Å². The second-order valence-electron chi connectivity index (χ2n) is 5.16. The third-order valence-electron chi connectivity index (χ3n) is 3.63. The molecule has 1 amide bonds. The highest BCUT2D eigenvalue weighted by Crippen LogP contribution is 2.39. The average molecular weight is 325 g/mol. The van der Waals surface area contributed by atoms with Crippen LogP contribution < -0.4 is 5.32 Å². The summed E-state index contributed by atoms with van der Waals surface area (Å²) in [6, 6.07) is 0.847. The molecular weight excluding hydrogens is 312 g/mol. The molecule has 122 valence electrons. The van der Waals surface area contributed by atoms with Crippen LogP contribution in [0.1, 0.15) is 29.5 Å². The van der Waals surface area contributed by atoms with Gasteiger partial charge in [-0.15, -0.1) is 0 Å². The van der Waals surface area contributed by atoms with Gasteiger partial charge in [0.25, 0.3) is 5.91 Å². The second-order valence-corrected chi connectivity index (χ2v) is 5.16. The molecule has 0 saturated carbocycles. The number of carboxylic acid groups (broad SMARTS) is 1. The number of aryl methyl sites for hydroxylation is 1. The van der Waals surface area contributed by atoms with Crippen LogP contribution in [0, 0.1) is 18.6 Å². The molecule has 1 aliphatic rings. The van der Waals surface area contributed by atoms with Crippen LogP contribution in [0.15, 0.2) is 11.6 Å².